The fourth-order valence-corrected chi connectivity index (χ4v) is 4.71. The Hall–Kier alpha value is -2.22. The van der Waals surface area contributed by atoms with Gasteiger partial charge in [-0.15, -0.1) is 10.2 Å². The maximum Gasteiger partial charge on any atom is 0.230 e. The Morgan fingerprint density at radius 2 is 1.97 bits per heavy atom. The lowest BCUT2D eigenvalue weighted by molar-refractivity contribution is -0.119. The molecule has 1 unspecified atom stereocenters. The van der Waals surface area contributed by atoms with Crippen LogP contribution in [0.2, 0.25) is 0 Å². The van der Waals surface area contributed by atoms with Crippen molar-refractivity contribution in [2.75, 3.05) is 19.0 Å². The molecular weight excluding hydrogens is 400 g/mol. The average Bonchev–Trinajstić information content (AvgIpc) is 2.92. The molecule has 0 saturated heterocycles. The molecule has 1 aromatic heterocycles. The van der Waals surface area contributed by atoms with E-state index in [1.165, 1.54) is 18.2 Å². The zero-order valence-electron chi connectivity index (χ0n) is 17.7. The van der Waals surface area contributed by atoms with E-state index in [0.29, 0.717) is 19.0 Å². The number of nitrogens with one attached hydrogen (secondary N) is 1. The molecule has 162 valence electrons. The highest BCUT2D eigenvalue weighted by Crippen LogP contribution is 2.34. The van der Waals surface area contributed by atoms with Crippen LogP contribution >= 0.6 is 11.8 Å². The number of benzene rings is 1. The number of carbonyl (C=O) groups is 1. The van der Waals surface area contributed by atoms with E-state index in [1.54, 1.807) is 0 Å². The topological polar surface area (TPSA) is 78.3 Å². The Balaban J connectivity index is 1.41. The number of amides is 1. The van der Waals surface area contributed by atoms with Crippen molar-refractivity contribution in [3.8, 4) is 11.5 Å². The summed E-state index contributed by atoms with van der Waals surface area (Å²) in [5.41, 5.74) is 1.03. The third-order valence-corrected chi connectivity index (χ3v) is 6.49. The van der Waals surface area contributed by atoms with Crippen molar-refractivity contribution in [1.29, 1.82) is 0 Å². The predicted octanol–water partition coefficient (Wildman–Crippen LogP) is 3.77. The van der Waals surface area contributed by atoms with Crippen LogP contribution in [-0.2, 0) is 17.8 Å². The second-order valence-corrected chi connectivity index (χ2v) is 9.14. The standard InChI is InChI=1S/C22H30N4O3S/c1-15(2)21(16-8-9-17-18(13-16)29-12-6-11-28-17)23-20(27)14-30-22-25-24-19-7-4-3-5-10-26(19)22/h8-9,13,15,21H,3-7,10-12,14H2,1-2H3,(H,23,27). The number of ether oxygens (including phenoxy) is 2. The molecule has 4 rings (SSSR count). The first-order chi connectivity index (χ1) is 14.6. The number of fused-ring (bicyclic) bond motifs is 2. The summed E-state index contributed by atoms with van der Waals surface area (Å²) < 4.78 is 13.7. The number of carbonyl (C=O) groups excluding carboxylic acids is 1. The number of hydrogen-bond donors (Lipinski definition) is 1. The minimum Gasteiger partial charge on any atom is -0.490 e. The van der Waals surface area contributed by atoms with Gasteiger partial charge in [0.05, 0.1) is 25.0 Å². The highest BCUT2D eigenvalue weighted by atomic mass is 32.2. The minimum absolute atomic E-state index is 0.00298. The van der Waals surface area contributed by atoms with Crippen molar-refractivity contribution >= 4 is 17.7 Å². The number of nitrogens with zero attached hydrogens (tertiary/aromatic N) is 3. The molecule has 0 saturated carbocycles. The molecule has 8 heteroatoms. The molecule has 7 nitrogen and oxygen atoms in total. The number of rotatable bonds is 6. The van der Waals surface area contributed by atoms with Crippen LogP contribution in [0.25, 0.3) is 0 Å². The van der Waals surface area contributed by atoms with E-state index in [2.05, 4.69) is 33.9 Å². The zero-order chi connectivity index (χ0) is 20.9. The lowest BCUT2D eigenvalue weighted by atomic mass is 9.95. The van der Waals surface area contributed by atoms with Gasteiger partial charge in [0.2, 0.25) is 5.91 Å². The van der Waals surface area contributed by atoms with Crippen molar-refractivity contribution in [2.45, 2.75) is 63.7 Å². The van der Waals surface area contributed by atoms with E-state index >= 15 is 0 Å². The second kappa shape index (κ2) is 9.73. The summed E-state index contributed by atoms with van der Waals surface area (Å²) in [7, 11) is 0. The molecule has 2 aromatic rings. The first-order valence-electron chi connectivity index (χ1n) is 10.9. The van der Waals surface area contributed by atoms with Gasteiger partial charge in [-0.05, 0) is 36.5 Å². The highest BCUT2D eigenvalue weighted by Gasteiger charge is 2.22. The Labute approximate surface area is 181 Å². The number of aryl methyl sites for hydroxylation is 1. The molecule has 0 fully saturated rings. The van der Waals surface area contributed by atoms with Crippen LogP contribution in [0, 0.1) is 5.92 Å². The number of aromatic nitrogens is 3. The van der Waals surface area contributed by atoms with E-state index in [1.807, 2.05) is 18.2 Å². The van der Waals surface area contributed by atoms with Gasteiger partial charge in [0.15, 0.2) is 16.7 Å². The van der Waals surface area contributed by atoms with Gasteiger partial charge in [0.25, 0.3) is 0 Å². The summed E-state index contributed by atoms with van der Waals surface area (Å²) in [6.07, 6.45) is 5.37. The lowest BCUT2D eigenvalue weighted by Gasteiger charge is -2.24. The van der Waals surface area contributed by atoms with Gasteiger partial charge in [-0.1, -0.05) is 38.1 Å². The third-order valence-electron chi connectivity index (χ3n) is 5.52. The summed E-state index contributed by atoms with van der Waals surface area (Å²) >= 11 is 1.47. The fraction of sp³-hybridized carbons (Fsp3) is 0.591. The summed E-state index contributed by atoms with van der Waals surface area (Å²) in [4.78, 5) is 12.8. The highest BCUT2D eigenvalue weighted by molar-refractivity contribution is 7.99. The van der Waals surface area contributed by atoms with Crippen LogP contribution in [-0.4, -0.2) is 39.6 Å². The molecule has 2 aliphatic rings. The smallest absolute Gasteiger partial charge is 0.230 e. The van der Waals surface area contributed by atoms with Gasteiger partial charge in [0, 0.05) is 19.4 Å². The molecule has 1 aromatic carbocycles. The molecule has 2 aliphatic heterocycles. The largest absolute Gasteiger partial charge is 0.490 e. The first-order valence-corrected chi connectivity index (χ1v) is 11.8. The molecule has 1 amide bonds. The van der Waals surface area contributed by atoms with E-state index in [9.17, 15) is 4.79 Å². The van der Waals surface area contributed by atoms with Crippen molar-refractivity contribution in [3.63, 3.8) is 0 Å². The van der Waals surface area contributed by atoms with E-state index in [4.69, 9.17) is 9.47 Å². The third kappa shape index (κ3) is 4.91. The maximum atomic E-state index is 12.8. The summed E-state index contributed by atoms with van der Waals surface area (Å²) in [5, 5.41) is 12.7. The molecule has 0 aliphatic carbocycles. The van der Waals surface area contributed by atoms with Gasteiger partial charge < -0.3 is 19.4 Å². The normalized spacial score (nSPS) is 17.0. The van der Waals surface area contributed by atoms with Gasteiger partial charge in [-0.3, -0.25) is 4.79 Å². The first kappa shape index (κ1) is 21.0. The number of thioether (sulfide) groups is 1. The van der Waals surface area contributed by atoms with Crippen molar-refractivity contribution < 1.29 is 14.3 Å². The van der Waals surface area contributed by atoms with Crippen molar-refractivity contribution in [3.05, 3.63) is 29.6 Å². The minimum atomic E-state index is -0.0919. The van der Waals surface area contributed by atoms with Gasteiger partial charge in [0.1, 0.15) is 5.82 Å². The molecule has 3 heterocycles. The van der Waals surface area contributed by atoms with Crippen LogP contribution in [0.4, 0.5) is 0 Å². The number of hydrogen-bond acceptors (Lipinski definition) is 6. The molecule has 0 spiro atoms. The Morgan fingerprint density at radius 1 is 1.13 bits per heavy atom. The summed E-state index contributed by atoms with van der Waals surface area (Å²) in [5.74, 6) is 3.14. The molecule has 1 N–H and O–H groups in total. The van der Waals surface area contributed by atoms with Gasteiger partial charge >= 0.3 is 0 Å². The monoisotopic (exact) mass is 430 g/mol. The average molecular weight is 431 g/mol. The SMILES string of the molecule is CC(C)C(NC(=O)CSc1nnc2n1CCCCC2)c1ccc2c(c1)OCCCO2. The van der Waals surface area contributed by atoms with Gasteiger partial charge in [-0.25, -0.2) is 0 Å². The Bertz CT molecular complexity index is 883. The van der Waals surface area contributed by atoms with Crippen LogP contribution in [0.3, 0.4) is 0 Å². The van der Waals surface area contributed by atoms with E-state index < -0.39 is 0 Å². The Morgan fingerprint density at radius 3 is 2.80 bits per heavy atom. The molecule has 0 radical (unpaired) electrons. The van der Waals surface area contributed by atoms with Crippen LogP contribution < -0.4 is 14.8 Å². The predicted molar refractivity (Wildman–Crippen MR) is 116 cm³/mol. The lowest BCUT2D eigenvalue weighted by Crippen LogP contribution is -2.33. The molecule has 0 bridgehead atoms. The Kier molecular flexibility index (Phi) is 6.82. The molecule has 30 heavy (non-hydrogen) atoms. The van der Waals surface area contributed by atoms with E-state index in [0.717, 1.165) is 60.3 Å². The zero-order valence-corrected chi connectivity index (χ0v) is 18.5. The van der Waals surface area contributed by atoms with Crippen LogP contribution in [0.15, 0.2) is 23.4 Å². The molecule has 1 atom stereocenters. The van der Waals surface area contributed by atoms with Crippen molar-refractivity contribution in [1.82, 2.24) is 20.1 Å². The summed E-state index contributed by atoms with van der Waals surface area (Å²) in [6.45, 7) is 6.48. The molecular formula is C22H30N4O3S. The second-order valence-electron chi connectivity index (χ2n) is 8.20. The fourth-order valence-electron chi connectivity index (χ4n) is 3.92. The van der Waals surface area contributed by atoms with Crippen molar-refractivity contribution in [2.24, 2.45) is 5.92 Å². The van der Waals surface area contributed by atoms with E-state index in [-0.39, 0.29) is 17.9 Å². The summed E-state index contributed by atoms with van der Waals surface area (Å²) in [6, 6.07) is 5.87. The van der Waals surface area contributed by atoms with Gasteiger partial charge in [-0.2, -0.15) is 0 Å². The quantitative estimate of drug-likeness (QED) is 0.703. The van der Waals surface area contributed by atoms with Crippen LogP contribution in [0.1, 0.15) is 57.0 Å². The van der Waals surface area contributed by atoms with Crippen LogP contribution in [0.5, 0.6) is 11.5 Å². The maximum absolute atomic E-state index is 12.8.